The molecule has 10 nitrogen and oxygen atoms in total. The summed E-state index contributed by atoms with van der Waals surface area (Å²) < 4.78 is 48.0. The fourth-order valence-electron chi connectivity index (χ4n) is 3.76. The van der Waals surface area contributed by atoms with Gasteiger partial charge in [-0.1, -0.05) is 13.0 Å². The summed E-state index contributed by atoms with van der Waals surface area (Å²) in [5.41, 5.74) is 1.30. The van der Waals surface area contributed by atoms with Crippen LogP contribution in [0.3, 0.4) is 0 Å². The molecule has 4 aromatic rings. The van der Waals surface area contributed by atoms with Gasteiger partial charge in [-0.3, -0.25) is 18.9 Å². The molecule has 0 unspecified atom stereocenters. The average molecular weight is 526 g/mol. The van der Waals surface area contributed by atoms with E-state index in [1.165, 1.54) is 37.3 Å². The molecule has 0 saturated carbocycles. The molecule has 192 valence electrons. The minimum absolute atomic E-state index is 0.0300. The van der Waals surface area contributed by atoms with Crippen molar-refractivity contribution >= 4 is 32.5 Å². The van der Waals surface area contributed by atoms with Crippen molar-refractivity contribution in [3.63, 3.8) is 0 Å². The first-order valence-electron chi connectivity index (χ1n) is 11.2. The summed E-state index contributed by atoms with van der Waals surface area (Å²) in [6.07, 6.45) is 2.89. The van der Waals surface area contributed by atoms with Gasteiger partial charge in [0.15, 0.2) is 0 Å². The number of hydrogen-bond acceptors (Lipinski definition) is 7. The van der Waals surface area contributed by atoms with E-state index in [1.807, 2.05) is 0 Å². The van der Waals surface area contributed by atoms with Crippen molar-refractivity contribution in [2.75, 3.05) is 18.9 Å². The Morgan fingerprint density at radius 1 is 1.11 bits per heavy atom. The molecule has 0 bridgehead atoms. The maximum atomic E-state index is 13.2. The predicted molar refractivity (Wildman–Crippen MR) is 136 cm³/mol. The number of benzene rings is 2. The van der Waals surface area contributed by atoms with E-state index in [0.29, 0.717) is 22.0 Å². The van der Waals surface area contributed by atoms with E-state index in [9.17, 15) is 22.4 Å². The molecule has 1 amide bonds. The van der Waals surface area contributed by atoms with Crippen LogP contribution in [-0.4, -0.2) is 43.0 Å². The third-order valence-corrected chi connectivity index (χ3v) is 7.12. The van der Waals surface area contributed by atoms with Crippen LogP contribution in [0.1, 0.15) is 6.92 Å². The number of nitrogens with one attached hydrogen (secondary N) is 2. The number of anilines is 1. The van der Waals surface area contributed by atoms with Crippen LogP contribution in [0.4, 0.5) is 10.1 Å². The Labute approximate surface area is 212 Å². The minimum Gasteiger partial charge on any atom is -0.480 e. The second-order valence-electron chi connectivity index (χ2n) is 8.29. The summed E-state index contributed by atoms with van der Waals surface area (Å²) in [6, 6.07) is 10.9. The SMILES string of the molecule is CNC(=O)[C@H](C)Cn1cnc2ccc(-c3cnc(OC)c(NS(=O)(=O)c4ccc(F)cc4)c3)cc2c1=O. The molecule has 37 heavy (non-hydrogen) atoms. The molecule has 0 radical (unpaired) electrons. The number of nitrogens with zero attached hydrogens (tertiary/aromatic N) is 3. The van der Waals surface area contributed by atoms with Crippen molar-refractivity contribution in [1.29, 1.82) is 0 Å². The Hall–Kier alpha value is -4.32. The molecule has 0 aliphatic rings. The van der Waals surface area contributed by atoms with E-state index in [4.69, 9.17) is 4.74 Å². The third kappa shape index (κ3) is 5.43. The molecule has 2 aromatic heterocycles. The summed E-state index contributed by atoms with van der Waals surface area (Å²) in [5.74, 6) is -1.16. The second-order valence-corrected chi connectivity index (χ2v) is 9.97. The van der Waals surface area contributed by atoms with Gasteiger partial charge in [-0.15, -0.1) is 0 Å². The monoisotopic (exact) mass is 525 g/mol. The Balaban J connectivity index is 1.72. The van der Waals surface area contributed by atoms with Crippen molar-refractivity contribution in [1.82, 2.24) is 19.9 Å². The second kappa shape index (κ2) is 10.3. The average Bonchev–Trinajstić information content (AvgIpc) is 2.89. The van der Waals surface area contributed by atoms with Gasteiger partial charge in [0.1, 0.15) is 11.5 Å². The Bertz CT molecular complexity index is 1640. The number of rotatable bonds is 8. The molecule has 0 saturated heterocycles. The van der Waals surface area contributed by atoms with Crippen LogP contribution in [0.15, 0.2) is 70.7 Å². The van der Waals surface area contributed by atoms with Gasteiger partial charge < -0.3 is 10.1 Å². The summed E-state index contributed by atoms with van der Waals surface area (Å²) in [4.78, 5) is 33.4. The number of aromatic nitrogens is 3. The summed E-state index contributed by atoms with van der Waals surface area (Å²) in [6.45, 7) is 1.87. The van der Waals surface area contributed by atoms with E-state index < -0.39 is 21.8 Å². The molecule has 2 aromatic carbocycles. The van der Waals surface area contributed by atoms with Crippen molar-refractivity contribution < 1.29 is 22.3 Å². The van der Waals surface area contributed by atoms with Crippen LogP contribution < -0.4 is 20.3 Å². The van der Waals surface area contributed by atoms with E-state index in [2.05, 4.69) is 20.0 Å². The predicted octanol–water partition coefficient (Wildman–Crippen LogP) is 2.79. The number of ether oxygens (including phenoxy) is 1. The van der Waals surface area contributed by atoms with Gasteiger partial charge in [0.2, 0.25) is 11.8 Å². The lowest BCUT2D eigenvalue weighted by Crippen LogP contribution is -2.32. The van der Waals surface area contributed by atoms with Crippen LogP contribution in [0.25, 0.3) is 22.0 Å². The molecule has 2 heterocycles. The van der Waals surface area contributed by atoms with Gasteiger partial charge in [-0.25, -0.2) is 22.8 Å². The number of amides is 1. The van der Waals surface area contributed by atoms with Crippen LogP contribution in [0.5, 0.6) is 5.88 Å². The zero-order chi connectivity index (χ0) is 26.7. The first-order valence-corrected chi connectivity index (χ1v) is 12.6. The zero-order valence-electron chi connectivity index (χ0n) is 20.2. The number of halogens is 1. The highest BCUT2D eigenvalue weighted by Crippen LogP contribution is 2.31. The van der Waals surface area contributed by atoms with Crippen molar-refractivity contribution in [2.45, 2.75) is 18.4 Å². The topological polar surface area (TPSA) is 132 Å². The Morgan fingerprint density at radius 2 is 1.84 bits per heavy atom. The van der Waals surface area contributed by atoms with Gasteiger partial charge >= 0.3 is 0 Å². The molecule has 1 atom stereocenters. The highest BCUT2D eigenvalue weighted by Gasteiger charge is 2.19. The molecule has 2 N–H and O–H groups in total. The van der Waals surface area contributed by atoms with Crippen LogP contribution in [0, 0.1) is 11.7 Å². The van der Waals surface area contributed by atoms with Gasteiger partial charge in [0, 0.05) is 25.4 Å². The van der Waals surface area contributed by atoms with E-state index in [0.717, 1.165) is 24.3 Å². The number of carbonyl (C=O) groups excluding carboxylic acids is 1. The number of pyridine rings is 1. The Kier molecular flexibility index (Phi) is 7.21. The summed E-state index contributed by atoms with van der Waals surface area (Å²) in [7, 11) is -1.18. The quantitative estimate of drug-likeness (QED) is 0.362. The van der Waals surface area contributed by atoms with Crippen molar-refractivity contribution in [3.8, 4) is 17.0 Å². The van der Waals surface area contributed by atoms with Gasteiger partial charge in [-0.2, -0.15) is 0 Å². The smallest absolute Gasteiger partial charge is 0.262 e. The van der Waals surface area contributed by atoms with E-state index >= 15 is 0 Å². The standard InChI is InChI=1S/C25H24FN5O5S/c1-15(23(32)27-2)13-31-14-29-21-9-4-16(10-20(21)25(31)33)17-11-22(24(36-3)28-12-17)30-37(34,35)19-7-5-18(26)6-8-19/h4-12,14-15,30H,13H2,1-3H3,(H,27,32)/t15-/m1/s1. The Morgan fingerprint density at radius 3 is 2.51 bits per heavy atom. The molecule has 4 rings (SSSR count). The molecule has 0 fully saturated rings. The molecule has 12 heteroatoms. The third-order valence-electron chi connectivity index (χ3n) is 5.73. The molecule has 0 aliphatic carbocycles. The lowest BCUT2D eigenvalue weighted by molar-refractivity contribution is -0.124. The maximum Gasteiger partial charge on any atom is 0.262 e. The lowest BCUT2D eigenvalue weighted by Gasteiger charge is -2.14. The largest absolute Gasteiger partial charge is 0.480 e. The molecular weight excluding hydrogens is 501 g/mol. The molecule has 0 aliphatic heterocycles. The first kappa shape index (κ1) is 25.8. The highest BCUT2D eigenvalue weighted by atomic mass is 32.2. The van der Waals surface area contributed by atoms with Gasteiger partial charge in [0.05, 0.1) is 35.2 Å². The summed E-state index contributed by atoms with van der Waals surface area (Å²) >= 11 is 0. The zero-order valence-corrected chi connectivity index (χ0v) is 21.0. The van der Waals surface area contributed by atoms with E-state index in [1.54, 1.807) is 25.1 Å². The highest BCUT2D eigenvalue weighted by molar-refractivity contribution is 7.92. The number of methoxy groups -OCH3 is 1. The molecule has 0 spiro atoms. The molecular formula is C25H24FN5O5S. The van der Waals surface area contributed by atoms with Gasteiger partial charge in [0.25, 0.3) is 15.6 Å². The van der Waals surface area contributed by atoms with Crippen molar-refractivity contribution in [2.24, 2.45) is 5.92 Å². The number of hydrogen-bond donors (Lipinski definition) is 2. The fourth-order valence-corrected chi connectivity index (χ4v) is 4.80. The minimum atomic E-state index is -4.06. The van der Waals surface area contributed by atoms with E-state index in [-0.39, 0.29) is 34.5 Å². The van der Waals surface area contributed by atoms with Crippen LogP contribution in [0.2, 0.25) is 0 Å². The lowest BCUT2D eigenvalue weighted by atomic mass is 10.0. The van der Waals surface area contributed by atoms with Gasteiger partial charge in [-0.05, 0) is 48.0 Å². The normalized spacial score (nSPS) is 12.2. The van der Waals surface area contributed by atoms with Crippen molar-refractivity contribution in [3.05, 3.63) is 77.2 Å². The number of carbonyl (C=O) groups is 1. The van der Waals surface area contributed by atoms with Crippen LogP contribution in [-0.2, 0) is 21.4 Å². The number of sulfonamides is 1. The summed E-state index contributed by atoms with van der Waals surface area (Å²) in [5, 5.41) is 2.89. The van der Waals surface area contributed by atoms with Crippen LogP contribution >= 0.6 is 0 Å². The first-order chi connectivity index (χ1) is 17.6. The fraction of sp³-hybridized carbons (Fsp3) is 0.200. The maximum absolute atomic E-state index is 13.2. The number of fused-ring (bicyclic) bond motifs is 1.